The minimum Gasteiger partial charge on any atom is -0.462 e. The van der Waals surface area contributed by atoms with Crippen LogP contribution in [0.25, 0.3) is 0 Å². The van der Waals surface area contributed by atoms with Crippen LogP contribution in [-0.4, -0.2) is 18.3 Å². The standard InChI is InChI=1S/C18H26O2S/c1-3-5-10-21-13-16-11-14-8-6-7-9-15(14)12-17(16)18(19)20-4-2/h11-12H,3-10,13H2,1-2H3. The number of rotatable bonds is 7. The van der Waals surface area contributed by atoms with E-state index < -0.39 is 0 Å². The Kier molecular flexibility index (Phi) is 6.62. The van der Waals surface area contributed by atoms with Crippen molar-refractivity contribution in [3.8, 4) is 0 Å². The molecule has 116 valence electrons. The van der Waals surface area contributed by atoms with Gasteiger partial charge in [-0.1, -0.05) is 19.4 Å². The first-order chi connectivity index (χ1) is 10.3. The van der Waals surface area contributed by atoms with Gasteiger partial charge in [-0.2, -0.15) is 11.8 Å². The second-order valence-electron chi connectivity index (χ2n) is 5.61. The highest BCUT2D eigenvalue weighted by Crippen LogP contribution is 2.28. The molecule has 1 aliphatic carbocycles. The van der Waals surface area contributed by atoms with Crippen LogP contribution in [0, 0.1) is 0 Å². The highest BCUT2D eigenvalue weighted by Gasteiger charge is 2.18. The first-order valence-corrected chi connectivity index (χ1v) is 9.31. The molecule has 2 nitrogen and oxygen atoms in total. The average molecular weight is 306 g/mol. The van der Waals surface area contributed by atoms with Crippen molar-refractivity contribution in [3.63, 3.8) is 0 Å². The predicted octanol–water partition coefficient (Wildman–Crippen LogP) is 4.78. The van der Waals surface area contributed by atoms with Crippen LogP contribution in [-0.2, 0) is 23.3 Å². The van der Waals surface area contributed by atoms with Crippen molar-refractivity contribution in [1.82, 2.24) is 0 Å². The summed E-state index contributed by atoms with van der Waals surface area (Å²) in [6, 6.07) is 4.36. The van der Waals surface area contributed by atoms with Crippen LogP contribution in [0.2, 0.25) is 0 Å². The summed E-state index contributed by atoms with van der Waals surface area (Å²) in [5.41, 5.74) is 4.75. The van der Waals surface area contributed by atoms with Crippen LogP contribution < -0.4 is 0 Å². The van der Waals surface area contributed by atoms with Crippen LogP contribution in [0.4, 0.5) is 0 Å². The maximum atomic E-state index is 12.2. The Morgan fingerprint density at radius 2 is 1.90 bits per heavy atom. The molecule has 1 aromatic rings. The van der Waals surface area contributed by atoms with E-state index in [9.17, 15) is 4.79 Å². The number of carbonyl (C=O) groups is 1. The number of hydrogen-bond acceptors (Lipinski definition) is 3. The third-order valence-corrected chi connectivity index (χ3v) is 5.06. The van der Waals surface area contributed by atoms with E-state index >= 15 is 0 Å². The number of benzene rings is 1. The van der Waals surface area contributed by atoms with E-state index in [2.05, 4.69) is 19.1 Å². The van der Waals surface area contributed by atoms with E-state index in [4.69, 9.17) is 4.74 Å². The third kappa shape index (κ3) is 4.50. The molecule has 0 saturated carbocycles. The third-order valence-electron chi connectivity index (χ3n) is 3.96. The zero-order valence-corrected chi connectivity index (χ0v) is 14.1. The number of fused-ring (bicyclic) bond motifs is 1. The van der Waals surface area contributed by atoms with Crippen LogP contribution in [0.3, 0.4) is 0 Å². The number of aryl methyl sites for hydroxylation is 2. The molecule has 0 radical (unpaired) electrons. The zero-order valence-electron chi connectivity index (χ0n) is 13.2. The fourth-order valence-corrected chi connectivity index (χ4v) is 3.88. The van der Waals surface area contributed by atoms with Gasteiger partial charge in [0.05, 0.1) is 12.2 Å². The summed E-state index contributed by atoms with van der Waals surface area (Å²) in [5.74, 6) is 1.93. The number of thioether (sulfide) groups is 1. The summed E-state index contributed by atoms with van der Waals surface area (Å²) in [4.78, 5) is 12.2. The van der Waals surface area contributed by atoms with Crippen LogP contribution in [0.1, 0.15) is 66.6 Å². The van der Waals surface area contributed by atoms with Gasteiger partial charge >= 0.3 is 5.97 Å². The van der Waals surface area contributed by atoms with E-state index in [1.54, 1.807) is 0 Å². The van der Waals surface area contributed by atoms with Gasteiger partial charge in [0.1, 0.15) is 0 Å². The summed E-state index contributed by atoms with van der Waals surface area (Å²) in [6.45, 7) is 4.52. The highest BCUT2D eigenvalue weighted by molar-refractivity contribution is 7.98. The molecule has 0 saturated heterocycles. The molecule has 1 aromatic carbocycles. The molecule has 0 amide bonds. The summed E-state index contributed by atoms with van der Waals surface area (Å²) in [7, 11) is 0. The van der Waals surface area contributed by atoms with Crippen molar-refractivity contribution in [2.45, 2.75) is 58.1 Å². The number of hydrogen-bond donors (Lipinski definition) is 0. The molecule has 0 spiro atoms. The molecule has 0 aromatic heterocycles. The second kappa shape index (κ2) is 8.47. The smallest absolute Gasteiger partial charge is 0.338 e. The van der Waals surface area contributed by atoms with Crippen molar-refractivity contribution in [1.29, 1.82) is 0 Å². The lowest BCUT2D eigenvalue weighted by molar-refractivity contribution is 0.0525. The predicted molar refractivity (Wildman–Crippen MR) is 90.1 cm³/mol. The molecule has 2 rings (SSSR count). The molecule has 21 heavy (non-hydrogen) atoms. The number of carbonyl (C=O) groups excluding carboxylic acids is 1. The maximum absolute atomic E-state index is 12.2. The largest absolute Gasteiger partial charge is 0.462 e. The molecular formula is C18H26O2S. The fourth-order valence-electron chi connectivity index (χ4n) is 2.78. The SMILES string of the molecule is CCCCSCc1cc2c(cc1C(=O)OCC)CCCC2. The zero-order chi connectivity index (χ0) is 15.1. The van der Waals surface area contributed by atoms with Gasteiger partial charge in [-0.3, -0.25) is 0 Å². The van der Waals surface area contributed by atoms with Crippen molar-refractivity contribution in [2.75, 3.05) is 12.4 Å². The van der Waals surface area contributed by atoms with E-state index in [-0.39, 0.29) is 5.97 Å². The second-order valence-corrected chi connectivity index (χ2v) is 6.72. The molecule has 0 heterocycles. The molecule has 0 atom stereocenters. The van der Waals surface area contributed by atoms with Crippen molar-refractivity contribution < 1.29 is 9.53 Å². The van der Waals surface area contributed by atoms with E-state index in [1.165, 1.54) is 36.8 Å². The number of unbranched alkanes of at least 4 members (excludes halogenated alkanes) is 1. The Balaban J connectivity index is 2.19. The van der Waals surface area contributed by atoms with Gasteiger partial charge in [0.25, 0.3) is 0 Å². The van der Waals surface area contributed by atoms with E-state index in [0.29, 0.717) is 6.61 Å². The highest BCUT2D eigenvalue weighted by atomic mass is 32.2. The van der Waals surface area contributed by atoms with Crippen LogP contribution in [0.15, 0.2) is 12.1 Å². The van der Waals surface area contributed by atoms with Gasteiger partial charge in [0.15, 0.2) is 0 Å². The first-order valence-electron chi connectivity index (χ1n) is 8.15. The van der Waals surface area contributed by atoms with Crippen molar-refractivity contribution in [3.05, 3.63) is 34.4 Å². The Bertz CT molecular complexity index is 482. The normalized spacial score (nSPS) is 13.8. The fraction of sp³-hybridized carbons (Fsp3) is 0.611. The lowest BCUT2D eigenvalue weighted by Crippen LogP contribution is -2.12. The monoisotopic (exact) mass is 306 g/mol. The van der Waals surface area contributed by atoms with E-state index in [1.807, 2.05) is 18.7 Å². The Morgan fingerprint density at radius 3 is 2.57 bits per heavy atom. The summed E-state index contributed by atoms with van der Waals surface area (Å²) in [5, 5.41) is 0. The lowest BCUT2D eigenvalue weighted by Gasteiger charge is -2.19. The summed E-state index contributed by atoms with van der Waals surface area (Å²) >= 11 is 1.92. The molecular weight excluding hydrogens is 280 g/mol. The number of esters is 1. The molecule has 0 bridgehead atoms. The quantitative estimate of drug-likeness (QED) is 0.536. The minimum atomic E-state index is -0.156. The first kappa shape index (κ1) is 16.4. The van der Waals surface area contributed by atoms with Crippen molar-refractivity contribution >= 4 is 17.7 Å². The van der Waals surface area contributed by atoms with Gasteiger partial charge in [-0.25, -0.2) is 4.79 Å². The maximum Gasteiger partial charge on any atom is 0.338 e. The van der Waals surface area contributed by atoms with Gasteiger partial charge in [0.2, 0.25) is 0 Å². The molecule has 0 fully saturated rings. The van der Waals surface area contributed by atoms with Crippen molar-refractivity contribution in [2.24, 2.45) is 0 Å². The molecule has 3 heteroatoms. The number of ether oxygens (including phenoxy) is 1. The summed E-state index contributed by atoms with van der Waals surface area (Å²) < 4.78 is 5.24. The Labute approximate surface area is 132 Å². The molecule has 0 unspecified atom stereocenters. The van der Waals surface area contributed by atoms with Gasteiger partial charge in [0, 0.05) is 5.75 Å². The Hall–Kier alpha value is -0.960. The van der Waals surface area contributed by atoms with Gasteiger partial charge < -0.3 is 4.74 Å². The topological polar surface area (TPSA) is 26.3 Å². The van der Waals surface area contributed by atoms with E-state index in [0.717, 1.165) is 35.5 Å². The molecule has 0 N–H and O–H groups in total. The Morgan fingerprint density at radius 1 is 1.19 bits per heavy atom. The van der Waals surface area contributed by atoms with Gasteiger partial charge in [-0.05, 0) is 67.5 Å². The van der Waals surface area contributed by atoms with Crippen LogP contribution >= 0.6 is 11.8 Å². The van der Waals surface area contributed by atoms with Gasteiger partial charge in [-0.15, -0.1) is 0 Å². The molecule has 0 aliphatic heterocycles. The summed E-state index contributed by atoms with van der Waals surface area (Å²) in [6.07, 6.45) is 7.23. The van der Waals surface area contributed by atoms with Crippen LogP contribution in [0.5, 0.6) is 0 Å². The minimum absolute atomic E-state index is 0.156. The molecule has 1 aliphatic rings. The average Bonchev–Trinajstić information content (AvgIpc) is 2.51. The lowest BCUT2D eigenvalue weighted by atomic mass is 9.88.